The van der Waals surface area contributed by atoms with Crippen LogP contribution in [0.25, 0.3) is 0 Å². The summed E-state index contributed by atoms with van der Waals surface area (Å²) >= 11 is 3.42. The van der Waals surface area contributed by atoms with Crippen LogP contribution in [0.4, 0.5) is 5.69 Å². The van der Waals surface area contributed by atoms with Crippen molar-refractivity contribution in [3.05, 3.63) is 52.0 Å². The lowest BCUT2D eigenvalue weighted by molar-refractivity contribution is 0.0956. The molecule has 0 aliphatic heterocycles. The van der Waals surface area contributed by atoms with E-state index in [-0.39, 0.29) is 5.91 Å². The number of para-hydroxylation sites is 1. The number of hydrazone groups is 1. The summed E-state index contributed by atoms with van der Waals surface area (Å²) in [7, 11) is 1.57. The van der Waals surface area contributed by atoms with Gasteiger partial charge in [-0.1, -0.05) is 12.1 Å². The Morgan fingerprint density at radius 2 is 2.12 bits per heavy atom. The monoisotopic (exact) mass is 391 g/mol. The third-order valence-electron chi connectivity index (χ3n) is 3.12. The molecular weight excluding hydrogens is 374 g/mol. The van der Waals surface area contributed by atoms with Crippen molar-refractivity contribution in [2.45, 2.75) is 6.92 Å². The van der Waals surface area contributed by atoms with E-state index in [1.807, 2.05) is 13.0 Å². The third-order valence-corrected chi connectivity index (χ3v) is 3.71. The molecule has 24 heavy (non-hydrogen) atoms. The predicted molar refractivity (Wildman–Crippen MR) is 97.8 cm³/mol. The summed E-state index contributed by atoms with van der Waals surface area (Å²) in [5.74, 6) is 0.825. The van der Waals surface area contributed by atoms with E-state index in [0.29, 0.717) is 29.4 Å². The molecule has 7 heteroatoms. The van der Waals surface area contributed by atoms with Crippen LogP contribution in [-0.2, 0) is 0 Å². The first-order valence-electron chi connectivity index (χ1n) is 7.25. The Morgan fingerprint density at radius 3 is 2.79 bits per heavy atom. The number of nitrogens with one attached hydrogen (secondary N) is 1. The molecule has 0 saturated heterocycles. The normalized spacial score (nSPS) is 10.6. The zero-order valence-electron chi connectivity index (χ0n) is 13.4. The molecule has 126 valence electrons. The van der Waals surface area contributed by atoms with Crippen LogP contribution >= 0.6 is 15.9 Å². The number of nitrogens with zero attached hydrogens (tertiary/aromatic N) is 1. The van der Waals surface area contributed by atoms with E-state index < -0.39 is 0 Å². The molecule has 0 aliphatic rings. The van der Waals surface area contributed by atoms with Gasteiger partial charge in [-0.3, -0.25) is 4.79 Å². The summed E-state index contributed by atoms with van der Waals surface area (Å²) in [4.78, 5) is 12.0. The zero-order valence-corrected chi connectivity index (χ0v) is 15.0. The van der Waals surface area contributed by atoms with Gasteiger partial charge in [0.2, 0.25) is 0 Å². The van der Waals surface area contributed by atoms with Crippen LogP contribution in [0.15, 0.2) is 46.0 Å². The van der Waals surface area contributed by atoms with Gasteiger partial charge >= 0.3 is 0 Å². The van der Waals surface area contributed by atoms with Gasteiger partial charge in [-0.25, -0.2) is 5.43 Å². The minimum absolute atomic E-state index is 0.373. The van der Waals surface area contributed by atoms with Gasteiger partial charge < -0.3 is 15.2 Å². The standard InChI is InChI=1S/C17H18BrN3O3/c1-3-24-15-9-11(8-13(18)16(15)23-2)10-20-21-17(22)12-6-4-5-7-14(12)19/h4-10H,3,19H2,1-2H3,(H,21,22)/b20-10-. The number of carbonyl (C=O) groups is 1. The van der Waals surface area contributed by atoms with Crippen molar-refractivity contribution in [2.75, 3.05) is 19.5 Å². The fourth-order valence-corrected chi connectivity index (χ4v) is 2.67. The summed E-state index contributed by atoms with van der Waals surface area (Å²) in [5.41, 5.74) is 9.73. The summed E-state index contributed by atoms with van der Waals surface area (Å²) in [6, 6.07) is 10.4. The van der Waals surface area contributed by atoms with Crippen LogP contribution in [-0.4, -0.2) is 25.8 Å². The average Bonchev–Trinajstić information content (AvgIpc) is 2.55. The number of carbonyl (C=O) groups excluding carboxylic acids is 1. The molecule has 0 spiro atoms. The van der Waals surface area contributed by atoms with Gasteiger partial charge in [-0.2, -0.15) is 5.10 Å². The van der Waals surface area contributed by atoms with Crippen molar-refractivity contribution in [3.8, 4) is 11.5 Å². The second-order valence-electron chi connectivity index (χ2n) is 4.75. The Kier molecular flexibility index (Phi) is 6.20. The molecule has 0 aromatic heterocycles. The minimum atomic E-state index is -0.373. The smallest absolute Gasteiger partial charge is 0.273 e. The van der Waals surface area contributed by atoms with Crippen LogP contribution in [0.2, 0.25) is 0 Å². The quantitative estimate of drug-likeness (QED) is 0.449. The van der Waals surface area contributed by atoms with Crippen molar-refractivity contribution in [3.63, 3.8) is 0 Å². The highest BCUT2D eigenvalue weighted by Crippen LogP contribution is 2.36. The van der Waals surface area contributed by atoms with Crippen molar-refractivity contribution in [1.29, 1.82) is 0 Å². The number of hydrogen-bond donors (Lipinski definition) is 2. The highest BCUT2D eigenvalue weighted by atomic mass is 79.9. The Labute approximate surface area is 148 Å². The molecule has 0 bridgehead atoms. The second kappa shape index (κ2) is 8.35. The second-order valence-corrected chi connectivity index (χ2v) is 5.61. The average molecular weight is 392 g/mol. The molecule has 0 aliphatic carbocycles. The van der Waals surface area contributed by atoms with E-state index in [2.05, 4.69) is 26.5 Å². The van der Waals surface area contributed by atoms with E-state index in [0.717, 1.165) is 10.0 Å². The molecule has 2 rings (SSSR count). The van der Waals surface area contributed by atoms with Crippen LogP contribution in [0.1, 0.15) is 22.8 Å². The van der Waals surface area contributed by atoms with E-state index in [1.54, 1.807) is 37.4 Å². The lowest BCUT2D eigenvalue weighted by Crippen LogP contribution is -2.19. The van der Waals surface area contributed by atoms with Gasteiger partial charge in [0.15, 0.2) is 11.5 Å². The summed E-state index contributed by atoms with van der Waals surface area (Å²) in [6.07, 6.45) is 1.52. The van der Waals surface area contributed by atoms with Gasteiger partial charge in [0.1, 0.15) is 0 Å². The number of benzene rings is 2. The Bertz CT molecular complexity index is 763. The number of rotatable bonds is 6. The van der Waals surface area contributed by atoms with E-state index in [9.17, 15) is 4.79 Å². The molecule has 0 heterocycles. The largest absolute Gasteiger partial charge is 0.492 e. The zero-order chi connectivity index (χ0) is 17.5. The van der Waals surface area contributed by atoms with Crippen molar-refractivity contribution < 1.29 is 14.3 Å². The number of halogens is 1. The fraction of sp³-hybridized carbons (Fsp3) is 0.176. The summed E-state index contributed by atoms with van der Waals surface area (Å²) in [6.45, 7) is 2.39. The van der Waals surface area contributed by atoms with E-state index >= 15 is 0 Å². The maximum absolute atomic E-state index is 12.0. The first-order chi connectivity index (χ1) is 11.6. The van der Waals surface area contributed by atoms with E-state index in [1.165, 1.54) is 6.21 Å². The first kappa shape index (κ1) is 17.8. The van der Waals surface area contributed by atoms with Crippen LogP contribution in [0.5, 0.6) is 11.5 Å². The topological polar surface area (TPSA) is 85.9 Å². The van der Waals surface area contributed by atoms with Gasteiger partial charge in [0, 0.05) is 5.69 Å². The van der Waals surface area contributed by atoms with E-state index in [4.69, 9.17) is 15.2 Å². The maximum atomic E-state index is 12.0. The highest BCUT2D eigenvalue weighted by Gasteiger charge is 2.11. The molecule has 2 aromatic rings. The van der Waals surface area contributed by atoms with Crippen molar-refractivity contribution >= 4 is 33.7 Å². The first-order valence-corrected chi connectivity index (χ1v) is 8.04. The molecule has 0 fully saturated rings. The molecule has 2 aromatic carbocycles. The Morgan fingerprint density at radius 1 is 1.38 bits per heavy atom. The molecule has 6 nitrogen and oxygen atoms in total. The molecule has 1 amide bonds. The third kappa shape index (κ3) is 4.26. The number of anilines is 1. The lowest BCUT2D eigenvalue weighted by Gasteiger charge is -2.11. The SMILES string of the molecule is CCOc1cc(/C=N\NC(=O)c2ccccc2N)cc(Br)c1OC. The summed E-state index contributed by atoms with van der Waals surface area (Å²) in [5, 5.41) is 3.96. The number of nitrogen functional groups attached to an aromatic ring is 1. The number of amides is 1. The van der Waals surface area contributed by atoms with Crippen molar-refractivity contribution in [2.24, 2.45) is 5.10 Å². The van der Waals surface area contributed by atoms with Crippen LogP contribution < -0.4 is 20.6 Å². The number of hydrogen-bond acceptors (Lipinski definition) is 5. The maximum Gasteiger partial charge on any atom is 0.273 e. The van der Waals surface area contributed by atoms with Crippen LogP contribution in [0.3, 0.4) is 0 Å². The number of nitrogens with two attached hydrogens (primary N) is 1. The lowest BCUT2D eigenvalue weighted by atomic mass is 10.2. The number of ether oxygens (including phenoxy) is 2. The Balaban J connectivity index is 2.14. The highest BCUT2D eigenvalue weighted by molar-refractivity contribution is 9.10. The molecular formula is C17H18BrN3O3. The molecule has 3 N–H and O–H groups in total. The predicted octanol–water partition coefficient (Wildman–Crippen LogP) is 3.20. The fourth-order valence-electron chi connectivity index (χ4n) is 2.05. The van der Waals surface area contributed by atoms with Crippen molar-refractivity contribution in [1.82, 2.24) is 5.43 Å². The molecule has 0 atom stereocenters. The molecule has 0 radical (unpaired) electrons. The number of methoxy groups -OCH3 is 1. The molecule has 0 unspecified atom stereocenters. The van der Waals surface area contributed by atoms with Gasteiger partial charge in [-0.05, 0) is 52.7 Å². The summed E-state index contributed by atoms with van der Waals surface area (Å²) < 4.78 is 11.6. The van der Waals surface area contributed by atoms with Gasteiger partial charge in [-0.15, -0.1) is 0 Å². The minimum Gasteiger partial charge on any atom is -0.492 e. The van der Waals surface area contributed by atoms with Gasteiger partial charge in [0.25, 0.3) is 5.91 Å². The van der Waals surface area contributed by atoms with Gasteiger partial charge in [0.05, 0.1) is 30.0 Å². The Hall–Kier alpha value is -2.54. The van der Waals surface area contributed by atoms with Crippen LogP contribution in [0, 0.1) is 0 Å². The molecule has 0 saturated carbocycles.